The molecule has 0 spiro atoms. The van der Waals surface area contributed by atoms with Gasteiger partial charge >= 0.3 is 0 Å². The molecule has 0 saturated carbocycles. The first-order valence-corrected chi connectivity index (χ1v) is 7.07. The van der Waals surface area contributed by atoms with Gasteiger partial charge in [0.1, 0.15) is 0 Å². The normalized spacial score (nSPS) is 12.4. The summed E-state index contributed by atoms with van der Waals surface area (Å²) < 4.78 is 29.9. The highest BCUT2D eigenvalue weighted by molar-refractivity contribution is 7.92. The first kappa shape index (κ1) is 15.3. The molecule has 19 heavy (non-hydrogen) atoms. The van der Waals surface area contributed by atoms with Crippen molar-refractivity contribution < 1.29 is 18.4 Å². The second-order valence-electron chi connectivity index (χ2n) is 3.81. The number of benzene rings is 1. The van der Waals surface area contributed by atoms with Gasteiger partial charge < -0.3 is 15.7 Å². The van der Waals surface area contributed by atoms with Crippen LogP contribution in [0.3, 0.4) is 0 Å². The Kier molecular flexibility index (Phi) is 5.13. The molecule has 7 nitrogen and oxygen atoms in total. The van der Waals surface area contributed by atoms with E-state index in [1.54, 1.807) is 18.2 Å². The Morgan fingerprint density at radius 3 is 2.79 bits per heavy atom. The molecule has 106 valence electrons. The Morgan fingerprint density at radius 1 is 1.53 bits per heavy atom. The lowest BCUT2D eigenvalue weighted by molar-refractivity contribution is 0.217. The van der Waals surface area contributed by atoms with E-state index < -0.39 is 10.0 Å². The molecule has 8 heteroatoms. The van der Waals surface area contributed by atoms with Gasteiger partial charge in [-0.05, 0) is 12.1 Å². The van der Waals surface area contributed by atoms with Gasteiger partial charge in [0.05, 0.1) is 18.0 Å². The van der Waals surface area contributed by atoms with E-state index in [9.17, 15) is 8.42 Å². The standard InChI is InChI=1S/C11H17N3O4S/c1-14(19(16,17)7-6-18-2)10-5-3-4-9(8-10)11(12)13-15/h3-5,8,15H,6-7H2,1-2H3,(H2,12,13). The third-order valence-corrected chi connectivity index (χ3v) is 4.30. The fourth-order valence-corrected chi connectivity index (χ4v) is 2.49. The molecular weight excluding hydrogens is 270 g/mol. The number of ether oxygens (including phenoxy) is 1. The lowest BCUT2D eigenvalue weighted by Crippen LogP contribution is -2.30. The van der Waals surface area contributed by atoms with E-state index >= 15 is 0 Å². The fourth-order valence-electron chi connectivity index (χ4n) is 1.41. The first-order chi connectivity index (χ1) is 8.92. The molecule has 1 aromatic rings. The van der Waals surface area contributed by atoms with Crippen LogP contribution in [0.25, 0.3) is 0 Å². The highest BCUT2D eigenvalue weighted by atomic mass is 32.2. The van der Waals surface area contributed by atoms with Crippen LogP contribution >= 0.6 is 0 Å². The highest BCUT2D eigenvalue weighted by Gasteiger charge is 2.18. The van der Waals surface area contributed by atoms with Crippen LogP contribution in [-0.2, 0) is 14.8 Å². The lowest BCUT2D eigenvalue weighted by atomic mass is 10.2. The Labute approximate surface area is 112 Å². The summed E-state index contributed by atoms with van der Waals surface area (Å²) >= 11 is 0. The maximum atomic E-state index is 12.0. The molecule has 0 aliphatic rings. The maximum Gasteiger partial charge on any atom is 0.237 e. The Bertz CT molecular complexity index is 557. The van der Waals surface area contributed by atoms with Crippen molar-refractivity contribution in [3.63, 3.8) is 0 Å². The molecule has 0 bridgehead atoms. The number of oxime groups is 1. The molecule has 0 aliphatic heterocycles. The molecule has 0 heterocycles. The largest absolute Gasteiger partial charge is 0.409 e. The van der Waals surface area contributed by atoms with Crippen molar-refractivity contribution in [3.05, 3.63) is 29.8 Å². The van der Waals surface area contributed by atoms with Gasteiger partial charge in [0.25, 0.3) is 0 Å². The van der Waals surface area contributed by atoms with E-state index in [0.717, 1.165) is 4.31 Å². The van der Waals surface area contributed by atoms with E-state index in [1.165, 1.54) is 20.2 Å². The maximum absolute atomic E-state index is 12.0. The average Bonchev–Trinajstić information content (AvgIpc) is 2.43. The molecule has 0 aliphatic carbocycles. The van der Waals surface area contributed by atoms with Crippen molar-refractivity contribution in [1.29, 1.82) is 0 Å². The van der Waals surface area contributed by atoms with Gasteiger partial charge in [0, 0.05) is 19.7 Å². The molecule has 0 saturated heterocycles. The summed E-state index contributed by atoms with van der Waals surface area (Å²) in [5, 5.41) is 11.5. The lowest BCUT2D eigenvalue weighted by Gasteiger charge is -2.19. The number of nitrogens with zero attached hydrogens (tertiary/aromatic N) is 2. The zero-order valence-electron chi connectivity index (χ0n) is 10.8. The fraction of sp³-hybridized carbons (Fsp3) is 0.364. The van der Waals surface area contributed by atoms with Crippen LogP contribution in [-0.4, -0.2) is 46.0 Å². The van der Waals surface area contributed by atoms with Crippen LogP contribution in [0, 0.1) is 0 Å². The van der Waals surface area contributed by atoms with Gasteiger partial charge in [-0.25, -0.2) is 8.42 Å². The highest BCUT2D eigenvalue weighted by Crippen LogP contribution is 2.18. The molecule has 0 radical (unpaired) electrons. The second-order valence-corrected chi connectivity index (χ2v) is 5.93. The number of anilines is 1. The zero-order chi connectivity index (χ0) is 14.5. The van der Waals surface area contributed by atoms with Crippen molar-refractivity contribution >= 4 is 21.5 Å². The number of nitrogens with two attached hydrogens (primary N) is 1. The smallest absolute Gasteiger partial charge is 0.237 e. The third kappa shape index (κ3) is 3.83. The molecule has 0 aromatic heterocycles. The van der Waals surface area contributed by atoms with Gasteiger partial charge in [-0.15, -0.1) is 0 Å². The monoisotopic (exact) mass is 287 g/mol. The molecule has 0 fully saturated rings. The average molecular weight is 287 g/mol. The molecule has 3 N–H and O–H groups in total. The Morgan fingerprint density at radius 2 is 2.21 bits per heavy atom. The summed E-state index contributed by atoms with van der Waals surface area (Å²) in [6.07, 6.45) is 0. The Hall–Kier alpha value is -1.80. The molecule has 1 rings (SSSR count). The van der Waals surface area contributed by atoms with E-state index in [0.29, 0.717) is 11.3 Å². The first-order valence-electron chi connectivity index (χ1n) is 5.46. The molecule has 0 atom stereocenters. The predicted octanol–water partition coefficient (Wildman–Crippen LogP) is 0.194. The minimum absolute atomic E-state index is 0.0791. The van der Waals surface area contributed by atoms with Gasteiger partial charge in [-0.1, -0.05) is 17.3 Å². The van der Waals surface area contributed by atoms with Crippen molar-refractivity contribution in [2.45, 2.75) is 0 Å². The number of hydrogen-bond acceptors (Lipinski definition) is 5. The van der Waals surface area contributed by atoms with Crippen LogP contribution in [0.15, 0.2) is 29.4 Å². The van der Waals surface area contributed by atoms with Gasteiger partial charge in [0.15, 0.2) is 5.84 Å². The second kappa shape index (κ2) is 6.39. The van der Waals surface area contributed by atoms with Crippen LogP contribution in [0.2, 0.25) is 0 Å². The molecule has 1 aromatic carbocycles. The molecular formula is C11H17N3O4S. The van der Waals surface area contributed by atoms with Crippen LogP contribution < -0.4 is 10.0 Å². The number of methoxy groups -OCH3 is 1. The number of hydrogen-bond donors (Lipinski definition) is 2. The van der Waals surface area contributed by atoms with Crippen molar-refractivity contribution in [2.24, 2.45) is 10.9 Å². The number of rotatable bonds is 6. The SMILES string of the molecule is COCCS(=O)(=O)N(C)c1cccc(C(N)=NO)c1. The summed E-state index contributed by atoms with van der Waals surface area (Å²) in [6.45, 7) is 0.118. The van der Waals surface area contributed by atoms with E-state index in [2.05, 4.69) is 5.16 Å². The van der Waals surface area contributed by atoms with Crippen LogP contribution in [0.5, 0.6) is 0 Å². The van der Waals surface area contributed by atoms with Gasteiger partial charge in [-0.3, -0.25) is 4.31 Å². The number of amidine groups is 1. The molecule has 0 amide bonds. The van der Waals surface area contributed by atoms with Crippen molar-refractivity contribution in [3.8, 4) is 0 Å². The minimum Gasteiger partial charge on any atom is -0.409 e. The predicted molar refractivity (Wildman–Crippen MR) is 73.0 cm³/mol. The third-order valence-electron chi connectivity index (χ3n) is 2.58. The Balaban J connectivity index is 3.03. The summed E-state index contributed by atoms with van der Waals surface area (Å²) in [5.41, 5.74) is 6.33. The van der Waals surface area contributed by atoms with Crippen LogP contribution in [0.1, 0.15) is 5.56 Å². The quantitative estimate of drug-likeness (QED) is 0.336. The zero-order valence-corrected chi connectivity index (χ0v) is 11.6. The van der Waals surface area contributed by atoms with E-state index in [4.69, 9.17) is 15.7 Å². The van der Waals surface area contributed by atoms with Crippen molar-refractivity contribution in [1.82, 2.24) is 0 Å². The van der Waals surface area contributed by atoms with Gasteiger partial charge in [-0.2, -0.15) is 0 Å². The summed E-state index contributed by atoms with van der Waals surface area (Å²) in [6, 6.07) is 6.40. The summed E-state index contributed by atoms with van der Waals surface area (Å²) in [4.78, 5) is 0. The van der Waals surface area contributed by atoms with Crippen LogP contribution in [0.4, 0.5) is 5.69 Å². The van der Waals surface area contributed by atoms with Gasteiger partial charge in [0.2, 0.25) is 10.0 Å². The summed E-state index contributed by atoms with van der Waals surface area (Å²) in [7, 11) is -0.580. The topological polar surface area (TPSA) is 105 Å². The number of sulfonamides is 1. The minimum atomic E-state index is -3.46. The molecule has 0 unspecified atom stereocenters. The van der Waals surface area contributed by atoms with E-state index in [1.807, 2.05) is 0 Å². The van der Waals surface area contributed by atoms with E-state index in [-0.39, 0.29) is 18.2 Å². The summed E-state index contributed by atoms with van der Waals surface area (Å²) in [5.74, 6) is -0.196. The van der Waals surface area contributed by atoms with Crippen molar-refractivity contribution in [2.75, 3.05) is 30.8 Å².